The molecule has 1 saturated heterocycles. The summed E-state index contributed by atoms with van der Waals surface area (Å²) < 4.78 is 2.02. The molecule has 27 heavy (non-hydrogen) atoms. The van der Waals surface area contributed by atoms with Crippen LogP contribution in [-0.2, 0) is 11.2 Å². The number of nitrogens with zero attached hydrogens (tertiary/aromatic N) is 4. The van der Waals surface area contributed by atoms with E-state index in [0.29, 0.717) is 12.0 Å². The van der Waals surface area contributed by atoms with Gasteiger partial charge in [0.25, 0.3) is 0 Å². The number of carbonyl (C=O) groups is 1. The molecule has 3 heterocycles. The van der Waals surface area contributed by atoms with E-state index in [2.05, 4.69) is 36.1 Å². The Morgan fingerprint density at radius 1 is 1.19 bits per heavy atom. The smallest absolute Gasteiger partial charge is 0.227 e. The molecule has 0 bridgehead atoms. The van der Waals surface area contributed by atoms with Crippen LogP contribution < -0.4 is 0 Å². The van der Waals surface area contributed by atoms with Gasteiger partial charge in [-0.1, -0.05) is 20.8 Å². The fourth-order valence-corrected chi connectivity index (χ4v) is 3.82. The maximum atomic E-state index is 12.5. The van der Waals surface area contributed by atoms with Gasteiger partial charge in [-0.25, -0.2) is 0 Å². The van der Waals surface area contributed by atoms with Crippen LogP contribution in [0.2, 0.25) is 0 Å². The molecule has 1 amide bonds. The molecule has 0 aromatic carbocycles. The minimum absolute atomic E-state index is 0.272. The highest BCUT2D eigenvalue weighted by Gasteiger charge is 2.30. The number of piperidine rings is 1. The van der Waals surface area contributed by atoms with E-state index in [-0.39, 0.29) is 11.3 Å². The quantitative estimate of drug-likeness (QED) is 0.806. The lowest BCUT2D eigenvalue weighted by Crippen LogP contribution is -2.44. The Morgan fingerprint density at radius 2 is 1.89 bits per heavy atom. The van der Waals surface area contributed by atoms with Crippen molar-refractivity contribution < 1.29 is 4.79 Å². The minimum atomic E-state index is -0.286. The summed E-state index contributed by atoms with van der Waals surface area (Å²) in [7, 11) is 0. The van der Waals surface area contributed by atoms with Crippen LogP contribution >= 0.6 is 0 Å². The number of hydrogen-bond donors (Lipinski definition) is 0. The van der Waals surface area contributed by atoms with E-state index in [1.54, 1.807) is 0 Å². The van der Waals surface area contributed by atoms with Crippen molar-refractivity contribution in [2.24, 2.45) is 11.3 Å². The average molecular weight is 369 g/mol. The largest absolute Gasteiger partial charge is 0.342 e. The lowest BCUT2D eigenvalue weighted by Gasteiger charge is -2.35. The van der Waals surface area contributed by atoms with Crippen molar-refractivity contribution >= 4 is 5.91 Å². The van der Waals surface area contributed by atoms with Gasteiger partial charge in [0, 0.05) is 36.9 Å². The molecule has 5 heteroatoms. The number of pyridine rings is 1. The van der Waals surface area contributed by atoms with Crippen molar-refractivity contribution in [1.82, 2.24) is 19.7 Å². The zero-order valence-electron chi connectivity index (χ0n) is 17.3. The minimum Gasteiger partial charge on any atom is -0.342 e. The van der Waals surface area contributed by atoms with Crippen molar-refractivity contribution in [3.63, 3.8) is 0 Å². The highest BCUT2D eigenvalue weighted by Crippen LogP contribution is 2.27. The number of likely N-dealkylation sites (tertiary alicyclic amines) is 1. The molecule has 1 aliphatic rings. The molecule has 0 N–H and O–H groups in total. The molecule has 5 nitrogen and oxygen atoms in total. The van der Waals surface area contributed by atoms with Crippen LogP contribution in [0.25, 0.3) is 11.4 Å². The molecule has 0 saturated carbocycles. The molecule has 0 aliphatic carbocycles. The molecule has 2 aromatic heterocycles. The first-order valence-electron chi connectivity index (χ1n) is 10.0. The van der Waals surface area contributed by atoms with Crippen molar-refractivity contribution in [2.45, 2.75) is 59.9 Å². The second kappa shape index (κ2) is 7.83. The van der Waals surface area contributed by atoms with Gasteiger partial charge in [-0.15, -0.1) is 0 Å². The van der Waals surface area contributed by atoms with Gasteiger partial charge in [0.05, 0.1) is 11.4 Å². The standard InChI is InChI=1S/C22H32N4O/c1-16(2)26-20(7-11-24-26)19-15-18(6-10-23-19)14-17-8-12-25(13-9-17)21(27)22(3,4)5/h6-7,10-11,15-17H,8-9,12-14H2,1-5H3. The highest BCUT2D eigenvalue weighted by atomic mass is 16.2. The Labute approximate surface area is 162 Å². The van der Waals surface area contributed by atoms with E-state index in [4.69, 9.17) is 0 Å². The molecular formula is C22H32N4O. The summed E-state index contributed by atoms with van der Waals surface area (Å²) in [5, 5.41) is 4.42. The maximum absolute atomic E-state index is 12.5. The Bertz CT molecular complexity index is 780. The van der Waals surface area contributed by atoms with Crippen LogP contribution in [0, 0.1) is 11.3 Å². The second-order valence-electron chi connectivity index (χ2n) is 8.99. The fourth-order valence-electron chi connectivity index (χ4n) is 3.82. The normalized spacial score (nSPS) is 16.1. The highest BCUT2D eigenvalue weighted by molar-refractivity contribution is 5.81. The maximum Gasteiger partial charge on any atom is 0.227 e. The Hall–Kier alpha value is -2.17. The van der Waals surface area contributed by atoms with Gasteiger partial charge >= 0.3 is 0 Å². The van der Waals surface area contributed by atoms with E-state index in [1.165, 1.54) is 5.56 Å². The average Bonchev–Trinajstić information content (AvgIpc) is 3.11. The molecule has 2 aromatic rings. The van der Waals surface area contributed by atoms with Crippen LogP contribution in [0.4, 0.5) is 0 Å². The zero-order chi connectivity index (χ0) is 19.6. The summed E-state index contributed by atoms with van der Waals surface area (Å²) in [5.41, 5.74) is 3.08. The van der Waals surface area contributed by atoms with Crippen LogP contribution in [-0.4, -0.2) is 38.7 Å². The van der Waals surface area contributed by atoms with Gasteiger partial charge in [0.1, 0.15) is 0 Å². The lowest BCUT2D eigenvalue weighted by molar-refractivity contribution is -0.140. The molecule has 0 spiro atoms. The molecular weight excluding hydrogens is 336 g/mol. The van der Waals surface area contributed by atoms with Gasteiger partial charge < -0.3 is 4.90 Å². The first-order valence-corrected chi connectivity index (χ1v) is 10.0. The van der Waals surface area contributed by atoms with Crippen LogP contribution in [0.1, 0.15) is 59.1 Å². The van der Waals surface area contributed by atoms with E-state index in [1.807, 2.05) is 48.8 Å². The SMILES string of the molecule is CC(C)n1nccc1-c1cc(CC2CCN(C(=O)C(C)(C)C)CC2)ccn1. The van der Waals surface area contributed by atoms with Gasteiger partial charge in [-0.3, -0.25) is 14.5 Å². The van der Waals surface area contributed by atoms with Gasteiger partial charge in [-0.2, -0.15) is 5.10 Å². The summed E-state index contributed by atoms with van der Waals surface area (Å²) >= 11 is 0. The number of hydrogen-bond acceptors (Lipinski definition) is 3. The zero-order valence-corrected chi connectivity index (χ0v) is 17.3. The molecule has 3 rings (SSSR count). The Morgan fingerprint density at radius 3 is 2.52 bits per heavy atom. The van der Waals surface area contributed by atoms with Crippen LogP contribution in [0.5, 0.6) is 0 Å². The van der Waals surface area contributed by atoms with E-state index in [0.717, 1.165) is 43.7 Å². The summed E-state index contributed by atoms with van der Waals surface area (Å²) in [6, 6.07) is 6.66. The predicted octanol–water partition coefficient (Wildman–Crippen LogP) is 4.35. The third kappa shape index (κ3) is 4.57. The van der Waals surface area contributed by atoms with Gasteiger partial charge in [-0.05, 0) is 62.8 Å². The summed E-state index contributed by atoms with van der Waals surface area (Å²) in [5.74, 6) is 0.897. The first-order chi connectivity index (χ1) is 12.8. The van der Waals surface area contributed by atoms with Crippen molar-refractivity contribution in [2.75, 3.05) is 13.1 Å². The first kappa shape index (κ1) is 19.6. The van der Waals surface area contributed by atoms with Crippen molar-refractivity contribution in [1.29, 1.82) is 0 Å². The number of amides is 1. The summed E-state index contributed by atoms with van der Waals surface area (Å²) in [6.45, 7) is 12.0. The van der Waals surface area contributed by atoms with Crippen molar-refractivity contribution in [3.05, 3.63) is 36.2 Å². The third-order valence-electron chi connectivity index (χ3n) is 5.31. The van der Waals surface area contributed by atoms with Crippen LogP contribution in [0.15, 0.2) is 30.6 Å². The molecule has 0 unspecified atom stereocenters. The molecule has 0 radical (unpaired) electrons. The van der Waals surface area contributed by atoms with Gasteiger partial charge in [0.2, 0.25) is 5.91 Å². The molecule has 0 atom stereocenters. The van der Waals surface area contributed by atoms with E-state index in [9.17, 15) is 4.79 Å². The summed E-state index contributed by atoms with van der Waals surface area (Å²) in [4.78, 5) is 19.1. The van der Waals surface area contributed by atoms with Crippen molar-refractivity contribution in [3.8, 4) is 11.4 Å². The Balaban J connectivity index is 1.64. The second-order valence-corrected chi connectivity index (χ2v) is 8.99. The van der Waals surface area contributed by atoms with Crippen LogP contribution in [0.3, 0.4) is 0 Å². The molecule has 1 aliphatic heterocycles. The third-order valence-corrected chi connectivity index (χ3v) is 5.31. The number of rotatable bonds is 4. The number of aromatic nitrogens is 3. The lowest BCUT2D eigenvalue weighted by atomic mass is 9.88. The van der Waals surface area contributed by atoms with E-state index < -0.39 is 0 Å². The summed E-state index contributed by atoms with van der Waals surface area (Å²) in [6.07, 6.45) is 6.93. The van der Waals surface area contributed by atoms with Gasteiger partial charge in [0.15, 0.2) is 0 Å². The predicted molar refractivity (Wildman–Crippen MR) is 108 cm³/mol. The topological polar surface area (TPSA) is 51.0 Å². The molecule has 1 fully saturated rings. The fraction of sp³-hybridized carbons (Fsp3) is 0.591. The monoisotopic (exact) mass is 368 g/mol. The molecule has 146 valence electrons. The Kier molecular flexibility index (Phi) is 5.68. The number of carbonyl (C=O) groups excluding carboxylic acids is 1. The van der Waals surface area contributed by atoms with E-state index >= 15 is 0 Å².